The zero-order chi connectivity index (χ0) is 30.7. The number of fused-ring (bicyclic) bond motifs is 1. The highest BCUT2D eigenvalue weighted by Gasteiger charge is 2.73. The van der Waals surface area contributed by atoms with E-state index in [0.717, 1.165) is 12.0 Å². The van der Waals surface area contributed by atoms with Crippen LogP contribution in [0.25, 0.3) is 0 Å². The summed E-state index contributed by atoms with van der Waals surface area (Å²) >= 11 is 0. The number of aliphatic imine (C=N–C) groups is 2. The quantitative estimate of drug-likeness (QED) is 0.188. The largest absolute Gasteiger partial charge is 0.495 e. The third-order valence-corrected chi connectivity index (χ3v) is 8.75. The van der Waals surface area contributed by atoms with Gasteiger partial charge in [-0.15, -0.1) is 0 Å². The smallest absolute Gasteiger partial charge is 0.269 e. The summed E-state index contributed by atoms with van der Waals surface area (Å²) in [6, 6.07) is 5.39. The lowest BCUT2D eigenvalue weighted by Crippen LogP contribution is -2.78. The summed E-state index contributed by atoms with van der Waals surface area (Å²) in [6.45, 7) is 4.44. The lowest BCUT2D eigenvalue weighted by atomic mass is 9.79. The van der Waals surface area contributed by atoms with Crippen molar-refractivity contribution in [2.45, 2.75) is 55.3 Å². The van der Waals surface area contributed by atoms with Crippen molar-refractivity contribution >= 4 is 23.7 Å². The topological polar surface area (TPSA) is 222 Å². The van der Waals surface area contributed by atoms with Gasteiger partial charge in [0.05, 0.1) is 31.5 Å². The number of benzene rings is 1. The third kappa shape index (κ3) is 4.38. The normalized spacial score (nSPS) is 27.7. The van der Waals surface area contributed by atoms with Crippen LogP contribution in [-0.2, 0) is 5.41 Å². The number of hydrogen-bond donors (Lipinski definition) is 7. The second-order valence-corrected chi connectivity index (χ2v) is 11.7. The van der Waals surface area contributed by atoms with Gasteiger partial charge < -0.3 is 52.0 Å². The number of rotatable bonds is 6. The average Bonchev–Trinajstić information content (AvgIpc) is 3.45. The highest BCUT2D eigenvalue weighted by molar-refractivity contribution is 5.98. The first kappa shape index (κ1) is 28.5. The molecule has 228 valence electrons. The number of aromatic nitrogens is 1. The monoisotopic (exact) mass is 593 g/mol. The van der Waals surface area contributed by atoms with Gasteiger partial charge >= 0.3 is 0 Å². The van der Waals surface area contributed by atoms with E-state index in [1.54, 1.807) is 18.2 Å². The molecule has 0 aliphatic carbocycles. The van der Waals surface area contributed by atoms with Crippen molar-refractivity contribution in [2.24, 2.45) is 21.5 Å². The van der Waals surface area contributed by atoms with Crippen molar-refractivity contribution in [3.63, 3.8) is 0 Å². The van der Waals surface area contributed by atoms with Crippen molar-refractivity contribution in [1.82, 2.24) is 25.8 Å². The zero-order valence-corrected chi connectivity index (χ0v) is 24.0. The SMILES string of the molecule is COc1ccc(C(=O)NC[C@@H]2N=C(N)N3C[C@H](NC(=O)c4cccc5c4OCCC5(C)C)C(O)(O)[C@@]34NC(N)=N[C@@H]24)nc1. The minimum Gasteiger partial charge on any atom is -0.495 e. The Balaban J connectivity index is 1.24. The van der Waals surface area contributed by atoms with Crippen LogP contribution >= 0.6 is 0 Å². The molecule has 1 aromatic heterocycles. The number of amides is 2. The maximum Gasteiger partial charge on any atom is 0.269 e. The first-order valence-corrected chi connectivity index (χ1v) is 13.9. The molecule has 0 radical (unpaired) electrons. The zero-order valence-electron chi connectivity index (χ0n) is 24.0. The molecule has 4 atom stereocenters. The number of methoxy groups -OCH3 is 1. The van der Waals surface area contributed by atoms with Gasteiger partial charge in [0.15, 0.2) is 17.6 Å². The van der Waals surface area contributed by atoms with E-state index in [4.69, 9.17) is 20.9 Å². The molecule has 4 aliphatic heterocycles. The van der Waals surface area contributed by atoms with Crippen LogP contribution in [0.3, 0.4) is 0 Å². The first-order valence-electron chi connectivity index (χ1n) is 13.9. The molecule has 0 bridgehead atoms. The molecule has 6 rings (SSSR count). The van der Waals surface area contributed by atoms with Gasteiger partial charge in [-0.05, 0) is 30.0 Å². The highest BCUT2D eigenvalue weighted by atomic mass is 16.5. The Morgan fingerprint density at radius 3 is 2.70 bits per heavy atom. The van der Waals surface area contributed by atoms with Crippen molar-refractivity contribution in [1.29, 1.82) is 0 Å². The van der Waals surface area contributed by atoms with E-state index in [-0.39, 0.29) is 41.7 Å². The Bertz CT molecular complexity index is 1530. The molecule has 2 amide bonds. The third-order valence-electron chi connectivity index (χ3n) is 8.75. The lowest BCUT2D eigenvalue weighted by molar-refractivity contribution is -0.230. The molecule has 0 saturated carbocycles. The van der Waals surface area contributed by atoms with Gasteiger partial charge in [0.1, 0.15) is 29.3 Å². The highest BCUT2D eigenvalue weighted by Crippen LogP contribution is 2.45. The van der Waals surface area contributed by atoms with E-state index in [9.17, 15) is 19.8 Å². The number of pyridine rings is 1. The molecule has 15 heteroatoms. The van der Waals surface area contributed by atoms with E-state index >= 15 is 0 Å². The predicted octanol–water partition coefficient (Wildman–Crippen LogP) is -1.65. The van der Waals surface area contributed by atoms with Gasteiger partial charge in [0.2, 0.25) is 5.79 Å². The number of para-hydroxylation sites is 1. The summed E-state index contributed by atoms with van der Waals surface area (Å²) in [4.78, 5) is 40.8. The molecule has 2 aromatic rings. The molecule has 1 spiro atoms. The summed E-state index contributed by atoms with van der Waals surface area (Å²) < 4.78 is 11.0. The minimum atomic E-state index is -2.63. The van der Waals surface area contributed by atoms with Crippen molar-refractivity contribution < 1.29 is 29.3 Å². The second kappa shape index (κ2) is 9.98. The van der Waals surface area contributed by atoms with Gasteiger partial charge in [0.25, 0.3) is 11.8 Å². The molecule has 5 heterocycles. The number of aliphatic hydroxyl groups is 2. The summed E-state index contributed by atoms with van der Waals surface area (Å²) in [6.07, 6.45) is 2.22. The number of ether oxygens (including phenoxy) is 2. The molecule has 0 unspecified atom stereocenters. The van der Waals surface area contributed by atoms with Crippen LogP contribution < -0.4 is 36.9 Å². The molecule has 1 saturated heterocycles. The molecule has 43 heavy (non-hydrogen) atoms. The van der Waals surface area contributed by atoms with Crippen LogP contribution in [0.5, 0.6) is 11.5 Å². The van der Waals surface area contributed by atoms with E-state index in [1.807, 2.05) is 6.07 Å². The molecule has 9 N–H and O–H groups in total. The van der Waals surface area contributed by atoms with Crippen LogP contribution in [0.15, 0.2) is 46.5 Å². The van der Waals surface area contributed by atoms with Gasteiger partial charge in [0, 0.05) is 18.7 Å². The summed E-state index contributed by atoms with van der Waals surface area (Å²) in [5.41, 5.74) is 11.8. The molecule has 1 aromatic carbocycles. The number of guanidine groups is 2. The van der Waals surface area contributed by atoms with E-state index in [2.05, 4.69) is 44.8 Å². The van der Waals surface area contributed by atoms with Gasteiger partial charge in [-0.25, -0.2) is 15.0 Å². The fourth-order valence-electron chi connectivity index (χ4n) is 6.36. The maximum absolute atomic E-state index is 13.6. The first-order chi connectivity index (χ1) is 20.4. The number of nitrogens with zero attached hydrogens (tertiary/aromatic N) is 4. The van der Waals surface area contributed by atoms with Crippen LogP contribution in [0.4, 0.5) is 0 Å². The Morgan fingerprint density at radius 2 is 1.98 bits per heavy atom. The molecule has 15 nitrogen and oxygen atoms in total. The van der Waals surface area contributed by atoms with E-state index < -0.39 is 41.4 Å². The predicted molar refractivity (Wildman–Crippen MR) is 155 cm³/mol. The average molecular weight is 594 g/mol. The van der Waals surface area contributed by atoms with Crippen LogP contribution in [0.2, 0.25) is 0 Å². The maximum atomic E-state index is 13.6. The van der Waals surface area contributed by atoms with Crippen molar-refractivity contribution in [2.75, 3.05) is 26.8 Å². The minimum absolute atomic E-state index is 0.0399. The van der Waals surface area contributed by atoms with Gasteiger partial charge in [-0.3, -0.25) is 9.59 Å². The molecular weight excluding hydrogens is 558 g/mol. The Labute approximate surface area is 247 Å². The Hall–Kier alpha value is -4.63. The van der Waals surface area contributed by atoms with Crippen molar-refractivity contribution in [3.05, 3.63) is 53.3 Å². The molecule has 4 aliphatic rings. The summed E-state index contributed by atoms with van der Waals surface area (Å²) in [5.74, 6) is -2.80. The number of hydrogen-bond acceptors (Lipinski definition) is 13. The van der Waals surface area contributed by atoms with Crippen LogP contribution in [-0.4, -0.2) is 100 Å². The summed E-state index contributed by atoms with van der Waals surface area (Å²) in [5, 5.41) is 31.9. The fraction of sp³-hybridized carbons (Fsp3) is 0.464. The standard InChI is InChI=1S/C28H35N9O6/c1-26(2)9-10-43-20-15(5-4-6-16(20)26)22(38)34-19-13-37-25(30)33-18(21-27(37,28(19,40)41)36-24(29)35-21)12-32-23(39)17-8-7-14(42-3)11-31-17/h4-8,11,18-19,21,40-41H,9-10,12-13H2,1-3H3,(H2,30,33)(H,32,39)(H,34,38)(H3,29,35,36)/t18-,19-,21-,27-/m0/s1. The number of nitrogens with two attached hydrogens (primary N) is 2. The van der Waals surface area contributed by atoms with Crippen LogP contribution in [0, 0.1) is 0 Å². The van der Waals surface area contributed by atoms with Gasteiger partial charge in [-0.1, -0.05) is 26.0 Å². The lowest BCUT2D eigenvalue weighted by Gasteiger charge is -2.49. The van der Waals surface area contributed by atoms with Crippen molar-refractivity contribution in [3.8, 4) is 11.5 Å². The van der Waals surface area contributed by atoms with E-state index in [0.29, 0.717) is 18.1 Å². The number of nitrogens with one attached hydrogen (secondary N) is 3. The Morgan fingerprint density at radius 1 is 1.19 bits per heavy atom. The molecular formula is C28H35N9O6. The second-order valence-electron chi connectivity index (χ2n) is 11.7. The van der Waals surface area contributed by atoms with E-state index in [1.165, 1.54) is 24.3 Å². The van der Waals surface area contributed by atoms with Crippen LogP contribution in [0.1, 0.15) is 46.7 Å². The number of carbonyl (C=O) groups excluding carboxylic acids is 2. The Kier molecular flexibility index (Phi) is 6.61. The fourth-order valence-corrected chi connectivity index (χ4v) is 6.36. The number of carbonyl (C=O) groups is 2. The summed E-state index contributed by atoms with van der Waals surface area (Å²) in [7, 11) is 1.49. The van der Waals surface area contributed by atoms with Gasteiger partial charge in [-0.2, -0.15) is 0 Å². The molecule has 1 fully saturated rings.